The highest BCUT2D eigenvalue weighted by molar-refractivity contribution is 5.96. The van der Waals surface area contributed by atoms with Crippen molar-refractivity contribution in [2.75, 3.05) is 5.32 Å². The normalized spacial score (nSPS) is 11.6. The number of hydrogen-bond donors (Lipinski definition) is 3. The molecule has 3 amide bonds. The van der Waals surface area contributed by atoms with Crippen molar-refractivity contribution in [3.63, 3.8) is 0 Å². The van der Waals surface area contributed by atoms with Crippen molar-refractivity contribution in [2.45, 2.75) is 39.8 Å². The van der Waals surface area contributed by atoms with Gasteiger partial charge in [0.15, 0.2) is 0 Å². The molecule has 0 aliphatic rings. The van der Waals surface area contributed by atoms with Crippen LogP contribution in [-0.4, -0.2) is 18.0 Å². The predicted octanol–water partition coefficient (Wildman–Crippen LogP) is 3.44. The summed E-state index contributed by atoms with van der Waals surface area (Å²) in [4.78, 5) is 24.0. The van der Waals surface area contributed by atoms with Crippen LogP contribution in [0.15, 0.2) is 41.0 Å². The van der Waals surface area contributed by atoms with Crippen molar-refractivity contribution >= 4 is 17.6 Å². The molecule has 128 valence electrons. The summed E-state index contributed by atoms with van der Waals surface area (Å²) in [5.41, 5.74) is 2.06. The van der Waals surface area contributed by atoms with Gasteiger partial charge in [-0.25, -0.2) is 4.79 Å². The van der Waals surface area contributed by atoms with Gasteiger partial charge < -0.3 is 20.4 Å². The SMILES string of the molecule is CCC(C)NC(=O)c1ccc(NC(=O)NCc2ccco2)c(C)c1. The fourth-order valence-corrected chi connectivity index (χ4v) is 2.10. The average molecular weight is 329 g/mol. The molecular weight excluding hydrogens is 306 g/mol. The van der Waals surface area contributed by atoms with Crippen LogP contribution in [-0.2, 0) is 6.54 Å². The highest BCUT2D eigenvalue weighted by Gasteiger charge is 2.11. The van der Waals surface area contributed by atoms with Crippen LogP contribution in [0.3, 0.4) is 0 Å². The molecule has 6 heteroatoms. The van der Waals surface area contributed by atoms with E-state index in [2.05, 4.69) is 16.0 Å². The van der Waals surface area contributed by atoms with Gasteiger partial charge in [-0.2, -0.15) is 0 Å². The fourth-order valence-electron chi connectivity index (χ4n) is 2.10. The zero-order valence-corrected chi connectivity index (χ0v) is 14.2. The molecule has 3 N–H and O–H groups in total. The standard InChI is InChI=1S/C18H23N3O3/c1-4-13(3)20-17(22)14-7-8-16(12(2)10-14)21-18(23)19-11-15-6-5-9-24-15/h5-10,13H,4,11H2,1-3H3,(H,20,22)(H2,19,21,23). The van der Waals surface area contributed by atoms with Gasteiger partial charge in [-0.15, -0.1) is 0 Å². The van der Waals surface area contributed by atoms with Crippen molar-refractivity contribution in [2.24, 2.45) is 0 Å². The number of furan rings is 1. The quantitative estimate of drug-likeness (QED) is 0.759. The van der Waals surface area contributed by atoms with Gasteiger partial charge in [0.2, 0.25) is 0 Å². The van der Waals surface area contributed by atoms with E-state index in [0.717, 1.165) is 12.0 Å². The highest BCUT2D eigenvalue weighted by Crippen LogP contribution is 2.16. The first-order valence-corrected chi connectivity index (χ1v) is 7.98. The fraction of sp³-hybridized carbons (Fsp3) is 0.333. The third-order valence-corrected chi connectivity index (χ3v) is 3.73. The van der Waals surface area contributed by atoms with Gasteiger partial charge in [-0.05, 0) is 56.2 Å². The van der Waals surface area contributed by atoms with Crippen LogP contribution in [0.25, 0.3) is 0 Å². The molecule has 2 aromatic rings. The molecule has 1 aromatic carbocycles. The molecule has 2 rings (SSSR count). The molecule has 0 bridgehead atoms. The Kier molecular flexibility index (Phi) is 6.01. The number of carbonyl (C=O) groups is 2. The molecule has 0 radical (unpaired) electrons. The number of aryl methyl sites for hydroxylation is 1. The van der Waals surface area contributed by atoms with E-state index < -0.39 is 0 Å². The van der Waals surface area contributed by atoms with Crippen molar-refractivity contribution in [1.82, 2.24) is 10.6 Å². The van der Waals surface area contributed by atoms with Gasteiger partial charge in [-0.1, -0.05) is 6.92 Å². The van der Waals surface area contributed by atoms with Crippen LogP contribution in [0.1, 0.15) is 41.9 Å². The molecular formula is C18H23N3O3. The molecule has 6 nitrogen and oxygen atoms in total. The molecule has 1 atom stereocenters. The number of benzene rings is 1. The van der Waals surface area contributed by atoms with Crippen LogP contribution in [0.4, 0.5) is 10.5 Å². The lowest BCUT2D eigenvalue weighted by Gasteiger charge is -2.13. The monoisotopic (exact) mass is 329 g/mol. The third kappa shape index (κ3) is 4.87. The smallest absolute Gasteiger partial charge is 0.319 e. The van der Waals surface area contributed by atoms with Gasteiger partial charge in [0.25, 0.3) is 5.91 Å². The van der Waals surface area contributed by atoms with Gasteiger partial charge in [0.05, 0.1) is 12.8 Å². The Morgan fingerprint density at radius 2 is 2.04 bits per heavy atom. The second-order valence-electron chi connectivity index (χ2n) is 5.70. The number of rotatable bonds is 6. The second-order valence-corrected chi connectivity index (χ2v) is 5.70. The number of amides is 3. The van der Waals surface area contributed by atoms with Gasteiger partial charge in [-0.3, -0.25) is 4.79 Å². The Morgan fingerprint density at radius 1 is 1.25 bits per heavy atom. The highest BCUT2D eigenvalue weighted by atomic mass is 16.3. The minimum atomic E-state index is -0.327. The molecule has 1 aromatic heterocycles. The summed E-state index contributed by atoms with van der Waals surface area (Å²) in [5.74, 6) is 0.570. The van der Waals surface area contributed by atoms with Crippen LogP contribution in [0.5, 0.6) is 0 Å². The van der Waals surface area contributed by atoms with E-state index in [9.17, 15) is 9.59 Å². The maximum atomic E-state index is 12.1. The largest absolute Gasteiger partial charge is 0.467 e. The number of nitrogens with one attached hydrogen (secondary N) is 3. The second kappa shape index (κ2) is 8.19. The molecule has 0 aliphatic heterocycles. The van der Waals surface area contributed by atoms with Crippen molar-refractivity contribution in [3.8, 4) is 0 Å². The van der Waals surface area contributed by atoms with E-state index >= 15 is 0 Å². The van der Waals surface area contributed by atoms with Crippen molar-refractivity contribution in [3.05, 3.63) is 53.5 Å². The lowest BCUT2D eigenvalue weighted by Crippen LogP contribution is -2.32. The molecule has 0 aliphatic carbocycles. The topological polar surface area (TPSA) is 83.4 Å². The lowest BCUT2D eigenvalue weighted by molar-refractivity contribution is 0.0939. The van der Waals surface area contributed by atoms with Crippen LogP contribution in [0.2, 0.25) is 0 Å². The zero-order chi connectivity index (χ0) is 17.5. The lowest BCUT2D eigenvalue weighted by atomic mass is 10.1. The summed E-state index contributed by atoms with van der Waals surface area (Å²) in [6.45, 7) is 6.14. The first kappa shape index (κ1) is 17.6. The Balaban J connectivity index is 1.94. The maximum absolute atomic E-state index is 12.1. The summed E-state index contributed by atoms with van der Waals surface area (Å²) < 4.78 is 5.15. The maximum Gasteiger partial charge on any atom is 0.319 e. The molecule has 0 spiro atoms. The van der Waals surface area contributed by atoms with Crippen LogP contribution >= 0.6 is 0 Å². The minimum absolute atomic E-state index is 0.110. The summed E-state index contributed by atoms with van der Waals surface area (Å²) in [5, 5.41) is 8.40. The molecule has 24 heavy (non-hydrogen) atoms. The van der Waals surface area contributed by atoms with E-state index in [-0.39, 0.29) is 18.0 Å². The average Bonchev–Trinajstić information content (AvgIpc) is 3.08. The van der Waals surface area contributed by atoms with E-state index in [1.165, 1.54) is 0 Å². The Bertz CT molecular complexity index is 696. The Morgan fingerprint density at radius 3 is 2.67 bits per heavy atom. The molecule has 1 unspecified atom stereocenters. The number of hydrogen-bond acceptors (Lipinski definition) is 3. The summed E-state index contributed by atoms with van der Waals surface area (Å²) in [6.07, 6.45) is 2.43. The van der Waals surface area contributed by atoms with Crippen molar-refractivity contribution in [1.29, 1.82) is 0 Å². The van der Waals surface area contributed by atoms with E-state index in [1.54, 1.807) is 36.6 Å². The van der Waals surface area contributed by atoms with E-state index in [4.69, 9.17) is 4.42 Å². The Hall–Kier alpha value is -2.76. The molecule has 1 heterocycles. The summed E-state index contributed by atoms with van der Waals surface area (Å²) >= 11 is 0. The summed E-state index contributed by atoms with van der Waals surface area (Å²) in [7, 11) is 0. The third-order valence-electron chi connectivity index (χ3n) is 3.73. The van der Waals surface area contributed by atoms with Gasteiger partial charge in [0.1, 0.15) is 5.76 Å². The number of anilines is 1. The summed E-state index contributed by atoms with van der Waals surface area (Å²) in [6, 6.07) is 8.55. The van der Waals surface area contributed by atoms with E-state index in [1.807, 2.05) is 20.8 Å². The number of urea groups is 1. The number of carbonyl (C=O) groups excluding carboxylic acids is 2. The van der Waals surface area contributed by atoms with Gasteiger partial charge >= 0.3 is 6.03 Å². The Labute approximate surface area is 141 Å². The zero-order valence-electron chi connectivity index (χ0n) is 14.2. The van der Waals surface area contributed by atoms with E-state index in [0.29, 0.717) is 23.6 Å². The predicted molar refractivity (Wildman–Crippen MR) is 93.0 cm³/mol. The van der Waals surface area contributed by atoms with Gasteiger partial charge in [0, 0.05) is 17.3 Å². The van der Waals surface area contributed by atoms with Crippen LogP contribution in [0, 0.1) is 6.92 Å². The first-order chi connectivity index (χ1) is 11.5. The minimum Gasteiger partial charge on any atom is -0.467 e. The molecule has 0 fully saturated rings. The first-order valence-electron chi connectivity index (χ1n) is 7.98. The van der Waals surface area contributed by atoms with Crippen molar-refractivity contribution < 1.29 is 14.0 Å². The molecule has 0 saturated heterocycles. The molecule has 0 saturated carbocycles. The van der Waals surface area contributed by atoms with Crippen LogP contribution < -0.4 is 16.0 Å².